The highest BCUT2D eigenvalue weighted by Gasteiger charge is 2.25. The topological polar surface area (TPSA) is 88.0 Å². The van der Waals surface area contributed by atoms with Gasteiger partial charge >= 0.3 is 5.00 Å². The second-order valence-electron chi connectivity index (χ2n) is 4.90. The van der Waals surface area contributed by atoms with Gasteiger partial charge in [-0.3, -0.25) is 14.9 Å². The molecule has 8 nitrogen and oxygen atoms in total. The summed E-state index contributed by atoms with van der Waals surface area (Å²) in [5.74, 6) is -0.166. The third kappa shape index (κ3) is 4.60. The van der Waals surface area contributed by atoms with Crippen LogP contribution in [0.1, 0.15) is 9.67 Å². The first kappa shape index (κ1) is 17.6. The number of methoxy groups -OCH3 is 1. The van der Waals surface area contributed by atoms with Crippen molar-refractivity contribution in [2.45, 2.75) is 0 Å². The molecule has 1 N–H and O–H groups in total. The van der Waals surface area contributed by atoms with Crippen LogP contribution in [0, 0.1) is 10.1 Å². The molecule has 2 rings (SSSR count). The van der Waals surface area contributed by atoms with Gasteiger partial charge in [-0.05, 0) is 18.3 Å². The number of ether oxygens (including phenoxy) is 1. The van der Waals surface area contributed by atoms with Gasteiger partial charge in [-0.25, -0.2) is 0 Å². The van der Waals surface area contributed by atoms with Crippen molar-refractivity contribution in [1.82, 2.24) is 15.1 Å². The number of nitrogens with one attached hydrogen (secondary N) is 1. The second-order valence-corrected chi connectivity index (χ2v) is 6.35. The van der Waals surface area contributed by atoms with E-state index in [-0.39, 0.29) is 10.9 Å². The third-order valence-corrected chi connectivity index (χ3v) is 4.85. The predicted molar refractivity (Wildman–Crippen MR) is 90.9 cm³/mol. The van der Waals surface area contributed by atoms with Crippen molar-refractivity contribution < 1.29 is 14.5 Å². The van der Waals surface area contributed by atoms with Crippen LogP contribution in [0.25, 0.3) is 0 Å². The quantitative estimate of drug-likeness (QED) is 0.363. The van der Waals surface area contributed by atoms with Crippen molar-refractivity contribution in [3.63, 3.8) is 0 Å². The second kappa shape index (κ2) is 8.18. The minimum atomic E-state index is -0.483. The molecule has 0 unspecified atom stereocenters. The first-order chi connectivity index (χ1) is 11.0. The zero-order valence-corrected chi connectivity index (χ0v) is 14.3. The molecular formula is C13H18N4O4S2. The number of amides is 1. The van der Waals surface area contributed by atoms with Crippen LogP contribution in [0.2, 0.25) is 0 Å². The minimum absolute atomic E-state index is 0.0180. The molecule has 10 heteroatoms. The summed E-state index contributed by atoms with van der Waals surface area (Å²) in [5.41, 5.74) is 0. The van der Waals surface area contributed by atoms with E-state index < -0.39 is 4.92 Å². The Bertz CT molecular complexity index is 584. The van der Waals surface area contributed by atoms with Crippen LogP contribution in [-0.4, -0.2) is 72.2 Å². The summed E-state index contributed by atoms with van der Waals surface area (Å²) in [6, 6.07) is 2.87. The Morgan fingerprint density at radius 3 is 2.61 bits per heavy atom. The number of nitrogens with zero attached hydrogens (tertiary/aromatic N) is 3. The van der Waals surface area contributed by atoms with Crippen molar-refractivity contribution in [3.05, 3.63) is 27.1 Å². The van der Waals surface area contributed by atoms with Gasteiger partial charge in [0.15, 0.2) is 5.11 Å². The Morgan fingerprint density at radius 2 is 2.04 bits per heavy atom. The molecule has 2 heterocycles. The van der Waals surface area contributed by atoms with E-state index in [9.17, 15) is 14.9 Å². The number of carbonyl (C=O) groups is 1. The van der Waals surface area contributed by atoms with Crippen LogP contribution in [0.4, 0.5) is 5.00 Å². The van der Waals surface area contributed by atoms with E-state index in [1.165, 1.54) is 12.1 Å². The van der Waals surface area contributed by atoms with Gasteiger partial charge in [0.05, 0.1) is 16.4 Å². The van der Waals surface area contributed by atoms with E-state index in [0.717, 1.165) is 11.3 Å². The zero-order valence-electron chi connectivity index (χ0n) is 12.7. The molecule has 23 heavy (non-hydrogen) atoms. The smallest absolute Gasteiger partial charge is 0.324 e. The standard InChI is InChI=1S/C13H18N4O4S2/c1-21-9-4-14-13(22)16-7-5-15(6-8-16)12(18)10-2-3-11(23-10)17(19)20/h2-3H,4-9H2,1H3,(H,14,22). The highest BCUT2D eigenvalue weighted by molar-refractivity contribution is 7.80. The highest BCUT2D eigenvalue weighted by atomic mass is 32.1. The van der Waals surface area contributed by atoms with E-state index >= 15 is 0 Å². The fourth-order valence-electron chi connectivity index (χ4n) is 2.18. The van der Waals surface area contributed by atoms with Crippen LogP contribution in [0.5, 0.6) is 0 Å². The summed E-state index contributed by atoms with van der Waals surface area (Å²) in [6.07, 6.45) is 0. The SMILES string of the molecule is COCCNC(=S)N1CCN(C(=O)c2ccc([N+](=O)[O-])s2)CC1. The number of piperazine rings is 1. The first-order valence-corrected chi connectivity index (χ1v) is 8.30. The van der Waals surface area contributed by atoms with Crippen molar-refractivity contribution in [2.75, 3.05) is 46.4 Å². The summed E-state index contributed by atoms with van der Waals surface area (Å²) in [4.78, 5) is 26.7. The Morgan fingerprint density at radius 1 is 1.39 bits per heavy atom. The molecule has 126 valence electrons. The van der Waals surface area contributed by atoms with E-state index in [0.29, 0.717) is 49.3 Å². The maximum absolute atomic E-state index is 12.4. The molecular weight excluding hydrogens is 340 g/mol. The van der Waals surface area contributed by atoms with Gasteiger partial charge in [0.1, 0.15) is 0 Å². The monoisotopic (exact) mass is 358 g/mol. The average molecular weight is 358 g/mol. The Balaban J connectivity index is 1.84. The van der Waals surface area contributed by atoms with Crippen molar-refractivity contribution in [3.8, 4) is 0 Å². The molecule has 0 saturated carbocycles. The lowest BCUT2D eigenvalue weighted by atomic mass is 10.3. The minimum Gasteiger partial charge on any atom is -0.383 e. The molecule has 1 aromatic rings. The molecule has 1 aliphatic rings. The van der Waals surface area contributed by atoms with Crippen molar-refractivity contribution in [2.24, 2.45) is 0 Å². The van der Waals surface area contributed by atoms with Crippen LogP contribution in [-0.2, 0) is 4.74 Å². The summed E-state index contributed by atoms with van der Waals surface area (Å²) in [5, 5.41) is 14.4. The number of nitro groups is 1. The number of carbonyl (C=O) groups excluding carboxylic acids is 1. The first-order valence-electron chi connectivity index (χ1n) is 7.08. The van der Waals surface area contributed by atoms with Gasteiger partial charge in [-0.1, -0.05) is 11.3 Å². The molecule has 0 aromatic carbocycles. The zero-order chi connectivity index (χ0) is 16.8. The average Bonchev–Trinajstić information content (AvgIpc) is 3.05. The van der Waals surface area contributed by atoms with E-state index in [4.69, 9.17) is 17.0 Å². The van der Waals surface area contributed by atoms with Gasteiger partial charge in [0.2, 0.25) is 0 Å². The van der Waals surface area contributed by atoms with Gasteiger partial charge in [0.25, 0.3) is 5.91 Å². The summed E-state index contributed by atoms with van der Waals surface area (Å²) in [6.45, 7) is 3.58. The number of hydrogen-bond donors (Lipinski definition) is 1. The molecule has 1 amide bonds. The molecule has 0 atom stereocenters. The molecule has 1 saturated heterocycles. The van der Waals surface area contributed by atoms with E-state index in [1.807, 2.05) is 4.90 Å². The highest BCUT2D eigenvalue weighted by Crippen LogP contribution is 2.25. The number of hydrogen-bond acceptors (Lipinski definition) is 6. The Kier molecular flexibility index (Phi) is 6.25. The molecule has 0 radical (unpaired) electrons. The lowest BCUT2D eigenvalue weighted by molar-refractivity contribution is -0.380. The molecule has 1 aromatic heterocycles. The summed E-state index contributed by atoms with van der Waals surface area (Å²) < 4.78 is 4.96. The normalized spacial score (nSPS) is 14.7. The van der Waals surface area contributed by atoms with Crippen molar-refractivity contribution >= 4 is 39.6 Å². The van der Waals surface area contributed by atoms with Gasteiger partial charge < -0.3 is 19.9 Å². The largest absolute Gasteiger partial charge is 0.383 e. The van der Waals surface area contributed by atoms with Gasteiger partial charge in [0, 0.05) is 45.9 Å². The molecule has 0 aliphatic carbocycles. The maximum atomic E-state index is 12.4. The number of rotatable bonds is 5. The van der Waals surface area contributed by atoms with Gasteiger partial charge in [-0.15, -0.1) is 0 Å². The summed E-state index contributed by atoms with van der Waals surface area (Å²) in [7, 11) is 1.63. The third-order valence-electron chi connectivity index (χ3n) is 3.42. The Hall–Kier alpha value is -1.78. The van der Waals surface area contributed by atoms with Gasteiger partial charge in [-0.2, -0.15) is 0 Å². The lowest BCUT2D eigenvalue weighted by Gasteiger charge is -2.36. The number of thiophene rings is 1. The predicted octanol–water partition coefficient (Wildman–Crippen LogP) is 0.935. The molecule has 1 fully saturated rings. The Labute approximate surface area is 143 Å². The van der Waals surface area contributed by atoms with Crippen LogP contribution < -0.4 is 5.32 Å². The van der Waals surface area contributed by atoms with E-state index in [2.05, 4.69) is 5.32 Å². The molecule has 0 bridgehead atoms. The number of thiocarbonyl (C=S) groups is 1. The molecule has 0 spiro atoms. The lowest BCUT2D eigenvalue weighted by Crippen LogP contribution is -2.53. The van der Waals surface area contributed by atoms with Crippen LogP contribution >= 0.6 is 23.6 Å². The molecule has 1 aliphatic heterocycles. The maximum Gasteiger partial charge on any atom is 0.324 e. The van der Waals surface area contributed by atoms with Crippen molar-refractivity contribution in [1.29, 1.82) is 0 Å². The fourth-order valence-corrected chi connectivity index (χ4v) is 3.25. The fraction of sp³-hybridized carbons (Fsp3) is 0.538. The summed E-state index contributed by atoms with van der Waals surface area (Å²) >= 11 is 6.21. The van der Waals surface area contributed by atoms with Crippen LogP contribution in [0.15, 0.2) is 12.1 Å². The van der Waals surface area contributed by atoms with E-state index in [1.54, 1.807) is 12.0 Å². The van der Waals surface area contributed by atoms with Crippen LogP contribution in [0.3, 0.4) is 0 Å².